The molecule has 32 heavy (non-hydrogen) atoms. The van der Waals surface area contributed by atoms with Crippen molar-refractivity contribution in [2.75, 3.05) is 0 Å². The largest absolute Gasteiger partial charge is 0.220 e. The van der Waals surface area contributed by atoms with E-state index in [1.54, 1.807) is 9.36 Å². The summed E-state index contributed by atoms with van der Waals surface area (Å²) in [5, 5.41) is 19.6. The minimum Gasteiger partial charge on any atom is -0.220 e. The lowest BCUT2D eigenvalue weighted by Crippen LogP contribution is -1.93. The molecule has 0 aliphatic carbocycles. The van der Waals surface area contributed by atoms with Crippen molar-refractivity contribution in [3.8, 4) is 33.9 Å². The fraction of sp³-hybridized carbons (Fsp3) is 0. The van der Waals surface area contributed by atoms with Crippen LogP contribution in [0.2, 0.25) is 0 Å². The average Bonchev–Trinajstić information content (AvgIpc) is 3.55. The molecule has 0 fully saturated rings. The summed E-state index contributed by atoms with van der Waals surface area (Å²) < 4.78 is 3.58. The second-order valence-electron chi connectivity index (χ2n) is 7.54. The molecule has 0 N–H and O–H groups in total. The SMILES string of the molecule is c1ccc(-n2cc(-c3ccc4ccc(-c5cn(-c6ccccc6)nn5)cc4c3)nn2)cc1. The van der Waals surface area contributed by atoms with E-state index in [2.05, 4.69) is 57.0 Å². The van der Waals surface area contributed by atoms with E-state index in [-0.39, 0.29) is 0 Å². The summed E-state index contributed by atoms with van der Waals surface area (Å²) in [6, 6.07) is 32.6. The van der Waals surface area contributed by atoms with Crippen LogP contribution >= 0.6 is 0 Å². The fourth-order valence-corrected chi connectivity index (χ4v) is 3.77. The van der Waals surface area contributed by atoms with E-state index >= 15 is 0 Å². The van der Waals surface area contributed by atoms with Crippen LogP contribution in [0.15, 0.2) is 109 Å². The summed E-state index contributed by atoms with van der Waals surface area (Å²) in [7, 11) is 0. The van der Waals surface area contributed by atoms with Gasteiger partial charge in [-0.05, 0) is 47.2 Å². The zero-order valence-corrected chi connectivity index (χ0v) is 17.1. The molecule has 0 amide bonds. The summed E-state index contributed by atoms with van der Waals surface area (Å²) in [5.74, 6) is 0. The minimum absolute atomic E-state index is 0.830. The van der Waals surface area contributed by atoms with Crippen LogP contribution in [0.4, 0.5) is 0 Å². The third-order valence-electron chi connectivity index (χ3n) is 5.46. The van der Waals surface area contributed by atoms with Gasteiger partial charge in [-0.1, -0.05) is 71.1 Å². The Morgan fingerprint density at radius 3 is 1.41 bits per heavy atom. The molecule has 0 spiro atoms. The van der Waals surface area contributed by atoms with Crippen molar-refractivity contribution in [3.63, 3.8) is 0 Å². The van der Waals surface area contributed by atoms with E-state index in [0.29, 0.717) is 0 Å². The molecule has 0 aliphatic rings. The molecule has 0 atom stereocenters. The van der Waals surface area contributed by atoms with Gasteiger partial charge in [-0.2, -0.15) is 0 Å². The number of rotatable bonds is 4. The summed E-state index contributed by atoms with van der Waals surface area (Å²) in [4.78, 5) is 0. The number of aromatic nitrogens is 6. The van der Waals surface area contributed by atoms with Gasteiger partial charge in [0, 0.05) is 11.1 Å². The van der Waals surface area contributed by atoms with Crippen molar-refractivity contribution in [1.82, 2.24) is 30.0 Å². The summed E-state index contributed by atoms with van der Waals surface area (Å²) >= 11 is 0. The summed E-state index contributed by atoms with van der Waals surface area (Å²) in [6.07, 6.45) is 3.90. The number of para-hydroxylation sites is 2. The van der Waals surface area contributed by atoms with Gasteiger partial charge in [0.2, 0.25) is 0 Å². The molecule has 0 aliphatic heterocycles. The zero-order valence-electron chi connectivity index (χ0n) is 17.1. The highest BCUT2D eigenvalue weighted by Crippen LogP contribution is 2.27. The maximum atomic E-state index is 4.37. The molecule has 0 unspecified atom stereocenters. The topological polar surface area (TPSA) is 61.4 Å². The van der Waals surface area contributed by atoms with Crippen LogP contribution in [0.5, 0.6) is 0 Å². The third-order valence-corrected chi connectivity index (χ3v) is 5.46. The highest BCUT2D eigenvalue weighted by molar-refractivity contribution is 5.90. The highest BCUT2D eigenvalue weighted by atomic mass is 15.4. The van der Waals surface area contributed by atoms with Gasteiger partial charge in [-0.25, -0.2) is 9.36 Å². The first-order valence-corrected chi connectivity index (χ1v) is 10.3. The van der Waals surface area contributed by atoms with Gasteiger partial charge >= 0.3 is 0 Å². The lowest BCUT2D eigenvalue weighted by atomic mass is 10.0. The number of benzene rings is 4. The Hall–Kier alpha value is -4.58. The second-order valence-corrected chi connectivity index (χ2v) is 7.54. The van der Waals surface area contributed by atoms with Crippen molar-refractivity contribution in [2.24, 2.45) is 0 Å². The average molecular weight is 414 g/mol. The molecule has 6 nitrogen and oxygen atoms in total. The Morgan fingerprint density at radius 1 is 0.469 bits per heavy atom. The molecule has 4 aromatic carbocycles. The molecule has 152 valence electrons. The van der Waals surface area contributed by atoms with Crippen LogP contribution in [0.3, 0.4) is 0 Å². The normalized spacial score (nSPS) is 11.1. The van der Waals surface area contributed by atoms with Crippen LogP contribution in [0.1, 0.15) is 0 Å². The van der Waals surface area contributed by atoms with Crippen LogP contribution in [0.25, 0.3) is 44.7 Å². The molecular weight excluding hydrogens is 396 g/mol. The van der Waals surface area contributed by atoms with Gasteiger partial charge in [0.1, 0.15) is 11.4 Å². The maximum Gasteiger partial charge on any atom is 0.113 e. The van der Waals surface area contributed by atoms with Gasteiger partial charge in [-0.3, -0.25) is 0 Å². The van der Waals surface area contributed by atoms with Crippen molar-refractivity contribution >= 4 is 10.8 Å². The van der Waals surface area contributed by atoms with Crippen molar-refractivity contribution in [1.29, 1.82) is 0 Å². The number of hydrogen-bond donors (Lipinski definition) is 0. The van der Waals surface area contributed by atoms with E-state index in [1.807, 2.05) is 73.1 Å². The van der Waals surface area contributed by atoms with Gasteiger partial charge < -0.3 is 0 Å². The van der Waals surface area contributed by atoms with Crippen LogP contribution in [0, 0.1) is 0 Å². The van der Waals surface area contributed by atoms with Gasteiger partial charge in [-0.15, -0.1) is 10.2 Å². The first kappa shape index (κ1) is 18.2. The van der Waals surface area contributed by atoms with Crippen molar-refractivity contribution in [2.45, 2.75) is 0 Å². The second kappa shape index (κ2) is 7.59. The van der Waals surface area contributed by atoms with Crippen LogP contribution in [-0.4, -0.2) is 30.0 Å². The summed E-state index contributed by atoms with van der Waals surface area (Å²) in [5.41, 5.74) is 5.66. The summed E-state index contributed by atoms with van der Waals surface area (Å²) in [6.45, 7) is 0. The Bertz CT molecular complexity index is 1400. The van der Waals surface area contributed by atoms with E-state index in [9.17, 15) is 0 Å². The van der Waals surface area contributed by atoms with E-state index < -0.39 is 0 Å². The smallest absolute Gasteiger partial charge is 0.113 e. The monoisotopic (exact) mass is 414 g/mol. The molecule has 6 rings (SSSR count). The predicted molar refractivity (Wildman–Crippen MR) is 125 cm³/mol. The quantitative estimate of drug-likeness (QED) is 0.391. The molecule has 2 heterocycles. The Labute approximate surface area is 184 Å². The van der Waals surface area contributed by atoms with Crippen molar-refractivity contribution in [3.05, 3.63) is 109 Å². The predicted octanol–water partition coefficient (Wildman–Crippen LogP) is 5.34. The molecule has 0 bridgehead atoms. The highest BCUT2D eigenvalue weighted by Gasteiger charge is 2.09. The van der Waals surface area contributed by atoms with E-state index in [0.717, 1.165) is 44.7 Å². The van der Waals surface area contributed by atoms with Crippen LogP contribution in [-0.2, 0) is 0 Å². The Balaban J connectivity index is 1.35. The number of nitrogens with zero attached hydrogens (tertiary/aromatic N) is 6. The minimum atomic E-state index is 0.830. The lowest BCUT2D eigenvalue weighted by molar-refractivity contribution is 0.804. The molecular formula is C26H18N6. The molecule has 0 radical (unpaired) electrons. The van der Waals surface area contributed by atoms with E-state index in [1.165, 1.54) is 0 Å². The molecule has 0 saturated heterocycles. The van der Waals surface area contributed by atoms with Crippen molar-refractivity contribution < 1.29 is 0 Å². The first-order valence-electron chi connectivity index (χ1n) is 10.3. The Morgan fingerprint density at radius 2 is 0.938 bits per heavy atom. The number of fused-ring (bicyclic) bond motifs is 1. The lowest BCUT2D eigenvalue weighted by Gasteiger charge is -2.03. The Kier molecular flexibility index (Phi) is 4.32. The third kappa shape index (κ3) is 3.33. The van der Waals surface area contributed by atoms with Gasteiger partial charge in [0.25, 0.3) is 0 Å². The van der Waals surface area contributed by atoms with Gasteiger partial charge in [0.15, 0.2) is 0 Å². The molecule has 0 saturated carbocycles. The molecule has 2 aromatic heterocycles. The first-order chi connectivity index (χ1) is 15.8. The van der Waals surface area contributed by atoms with Gasteiger partial charge in [0.05, 0.1) is 23.8 Å². The van der Waals surface area contributed by atoms with E-state index in [4.69, 9.17) is 0 Å². The van der Waals surface area contributed by atoms with Crippen LogP contribution < -0.4 is 0 Å². The molecule has 6 aromatic rings. The standard InChI is InChI=1S/C26H18N6/c1-3-7-23(8-4-1)31-17-25(27-29-31)20-13-11-19-12-14-21(16-22(19)15-20)26-18-32(30-28-26)24-9-5-2-6-10-24/h1-18H. The molecule has 6 heteroatoms. The zero-order chi connectivity index (χ0) is 21.3. The fourth-order valence-electron chi connectivity index (χ4n) is 3.77. The maximum absolute atomic E-state index is 4.37. The number of hydrogen-bond acceptors (Lipinski definition) is 4.